The second-order valence-corrected chi connectivity index (χ2v) is 6.57. The van der Waals surface area contributed by atoms with E-state index in [1.54, 1.807) is 7.11 Å². The van der Waals surface area contributed by atoms with Gasteiger partial charge in [-0.3, -0.25) is 0 Å². The Morgan fingerprint density at radius 1 is 1.21 bits per heavy atom. The molecule has 74 valence electrons. The molecule has 1 rings (SSSR count). The van der Waals surface area contributed by atoms with Crippen LogP contribution in [0.15, 0.2) is 48.8 Å². The molecule has 0 heterocycles. The molecule has 0 saturated heterocycles. The number of hydrogen-bond acceptors (Lipinski definition) is 1. The fourth-order valence-electron chi connectivity index (χ4n) is 1.59. The maximum atomic E-state index is 5.61. The van der Waals surface area contributed by atoms with E-state index >= 15 is 0 Å². The maximum absolute atomic E-state index is 5.61. The minimum absolute atomic E-state index is 1.23. The topological polar surface area (TPSA) is 9.23 Å². The standard InChI is InChI=1S/C12H16OSi/c1-5-14(6-2,13-4)12-10-8-7-9-11(12)3/h5-10H,1-2H2,3-4H3. The molecule has 0 aliphatic carbocycles. The molecule has 0 atom stereocenters. The zero-order chi connectivity index (χ0) is 10.6. The first-order valence-corrected chi connectivity index (χ1v) is 6.65. The Labute approximate surface area is 86.9 Å². The van der Waals surface area contributed by atoms with Crippen LogP contribution in [0.1, 0.15) is 5.56 Å². The zero-order valence-electron chi connectivity index (χ0n) is 8.79. The molecule has 0 saturated carbocycles. The molecule has 0 aromatic heterocycles. The van der Waals surface area contributed by atoms with E-state index in [0.29, 0.717) is 0 Å². The first-order chi connectivity index (χ1) is 6.70. The van der Waals surface area contributed by atoms with Crippen molar-refractivity contribution in [1.82, 2.24) is 0 Å². The van der Waals surface area contributed by atoms with Crippen LogP contribution in [0.4, 0.5) is 0 Å². The smallest absolute Gasteiger partial charge is 0.272 e. The van der Waals surface area contributed by atoms with Gasteiger partial charge in [-0.15, -0.1) is 13.2 Å². The lowest BCUT2D eigenvalue weighted by Crippen LogP contribution is -2.48. The second kappa shape index (κ2) is 4.40. The van der Waals surface area contributed by atoms with Gasteiger partial charge in [-0.2, -0.15) is 0 Å². The van der Waals surface area contributed by atoms with Crippen LogP contribution in [0.25, 0.3) is 0 Å². The van der Waals surface area contributed by atoms with E-state index in [-0.39, 0.29) is 0 Å². The Morgan fingerprint density at radius 2 is 1.79 bits per heavy atom. The molecule has 0 radical (unpaired) electrons. The Hall–Kier alpha value is -1.12. The van der Waals surface area contributed by atoms with Gasteiger partial charge in [0, 0.05) is 7.11 Å². The summed E-state index contributed by atoms with van der Waals surface area (Å²) >= 11 is 0. The van der Waals surface area contributed by atoms with E-state index in [4.69, 9.17) is 4.43 Å². The third-order valence-corrected chi connectivity index (χ3v) is 5.80. The molecule has 0 amide bonds. The average molecular weight is 204 g/mol. The van der Waals surface area contributed by atoms with Crippen LogP contribution in [0.2, 0.25) is 0 Å². The van der Waals surface area contributed by atoms with Crippen molar-refractivity contribution in [3.05, 3.63) is 54.4 Å². The van der Waals surface area contributed by atoms with E-state index in [9.17, 15) is 0 Å². The molecule has 1 aromatic rings. The zero-order valence-corrected chi connectivity index (χ0v) is 9.79. The normalized spacial score (nSPS) is 11.0. The number of benzene rings is 1. The van der Waals surface area contributed by atoms with Crippen LogP contribution >= 0.6 is 0 Å². The van der Waals surface area contributed by atoms with Gasteiger partial charge in [0.15, 0.2) is 0 Å². The summed E-state index contributed by atoms with van der Waals surface area (Å²) in [5.41, 5.74) is 5.05. The summed E-state index contributed by atoms with van der Waals surface area (Å²) in [5.74, 6) is 0. The predicted molar refractivity (Wildman–Crippen MR) is 64.0 cm³/mol. The fourth-order valence-corrected chi connectivity index (χ4v) is 3.81. The van der Waals surface area contributed by atoms with E-state index < -0.39 is 8.32 Å². The highest BCUT2D eigenvalue weighted by Gasteiger charge is 2.30. The van der Waals surface area contributed by atoms with Crippen molar-refractivity contribution >= 4 is 13.5 Å². The van der Waals surface area contributed by atoms with Gasteiger partial charge in [0.1, 0.15) is 0 Å². The molecule has 14 heavy (non-hydrogen) atoms. The van der Waals surface area contributed by atoms with Crippen LogP contribution in [0, 0.1) is 6.92 Å². The molecular weight excluding hydrogens is 188 g/mol. The summed E-state index contributed by atoms with van der Waals surface area (Å²) in [7, 11) is -0.386. The first-order valence-electron chi connectivity index (χ1n) is 4.58. The lowest BCUT2D eigenvalue weighted by atomic mass is 10.2. The largest absolute Gasteiger partial charge is 0.408 e. The van der Waals surface area contributed by atoms with Crippen LogP contribution < -0.4 is 5.19 Å². The third kappa shape index (κ3) is 1.71. The second-order valence-electron chi connectivity index (χ2n) is 3.22. The van der Waals surface area contributed by atoms with Crippen LogP contribution in [-0.2, 0) is 4.43 Å². The van der Waals surface area contributed by atoms with Crippen molar-refractivity contribution in [1.29, 1.82) is 0 Å². The Morgan fingerprint density at radius 3 is 2.21 bits per heavy atom. The molecule has 1 nitrogen and oxygen atoms in total. The van der Waals surface area contributed by atoms with Crippen molar-refractivity contribution in [2.75, 3.05) is 7.11 Å². The van der Waals surface area contributed by atoms with Gasteiger partial charge in [-0.1, -0.05) is 35.7 Å². The van der Waals surface area contributed by atoms with E-state index in [1.165, 1.54) is 10.8 Å². The molecule has 0 unspecified atom stereocenters. The van der Waals surface area contributed by atoms with Crippen molar-refractivity contribution in [2.24, 2.45) is 0 Å². The summed E-state index contributed by atoms with van der Waals surface area (Å²) in [6.07, 6.45) is 0. The van der Waals surface area contributed by atoms with Gasteiger partial charge >= 0.3 is 0 Å². The number of rotatable bonds is 4. The van der Waals surface area contributed by atoms with Crippen molar-refractivity contribution in [2.45, 2.75) is 6.92 Å². The van der Waals surface area contributed by atoms with Crippen LogP contribution in [0.5, 0.6) is 0 Å². The Kier molecular flexibility index (Phi) is 3.44. The van der Waals surface area contributed by atoms with Crippen LogP contribution in [-0.4, -0.2) is 15.4 Å². The molecule has 0 aliphatic heterocycles. The predicted octanol–water partition coefficient (Wildman–Crippen LogP) is 2.24. The molecule has 1 aromatic carbocycles. The van der Waals surface area contributed by atoms with E-state index in [0.717, 1.165) is 0 Å². The molecule has 2 heteroatoms. The molecule has 0 aliphatic rings. The maximum Gasteiger partial charge on any atom is 0.272 e. The van der Waals surface area contributed by atoms with Crippen molar-refractivity contribution in [3.63, 3.8) is 0 Å². The van der Waals surface area contributed by atoms with Gasteiger partial charge in [0.25, 0.3) is 8.32 Å². The minimum atomic E-state index is -2.11. The van der Waals surface area contributed by atoms with Gasteiger partial charge in [0.2, 0.25) is 0 Å². The average Bonchev–Trinajstić information content (AvgIpc) is 2.24. The van der Waals surface area contributed by atoms with Crippen molar-refractivity contribution < 1.29 is 4.43 Å². The molecular formula is C12H16OSi. The van der Waals surface area contributed by atoms with Gasteiger partial charge in [-0.05, 0) is 17.7 Å². The van der Waals surface area contributed by atoms with Crippen molar-refractivity contribution in [3.8, 4) is 0 Å². The van der Waals surface area contributed by atoms with Gasteiger partial charge in [0.05, 0.1) is 0 Å². The summed E-state index contributed by atoms with van der Waals surface area (Å²) in [5, 5.41) is 1.23. The molecule has 0 fully saturated rings. The highest BCUT2D eigenvalue weighted by atomic mass is 28.4. The number of aryl methyl sites for hydroxylation is 1. The Bertz CT molecular complexity index is 336. The Balaban J connectivity index is 3.31. The monoisotopic (exact) mass is 204 g/mol. The van der Waals surface area contributed by atoms with E-state index in [1.807, 2.05) is 23.5 Å². The summed E-state index contributed by atoms with van der Waals surface area (Å²) < 4.78 is 5.61. The fraction of sp³-hybridized carbons (Fsp3) is 0.167. The summed E-state index contributed by atoms with van der Waals surface area (Å²) in [6, 6.07) is 8.23. The third-order valence-electron chi connectivity index (χ3n) is 2.51. The van der Waals surface area contributed by atoms with Crippen LogP contribution in [0.3, 0.4) is 0 Å². The van der Waals surface area contributed by atoms with Gasteiger partial charge < -0.3 is 4.43 Å². The molecule has 0 N–H and O–H groups in total. The summed E-state index contributed by atoms with van der Waals surface area (Å²) in [6.45, 7) is 9.80. The summed E-state index contributed by atoms with van der Waals surface area (Å²) in [4.78, 5) is 0. The highest BCUT2D eigenvalue weighted by molar-refractivity contribution is 6.95. The van der Waals surface area contributed by atoms with Gasteiger partial charge in [-0.25, -0.2) is 0 Å². The first kappa shape index (κ1) is 11.0. The SMILES string of the molecule is C=C[Si](C=C)(OC)c1ccccc1C. The number of hydrogen-bond donors (Lipinski definition) is 0. The highest BCUT2D eigenvalue weighted by Crippen LogP contribution is 2.10. The lowest BCUT2D eigenvalue weighted by molar-refractivity contribution is 0.425. The minimum Gasteiger partial charge on any atom is -0.408 e. The molecule has 0 bridgehead atoms. The quantitative estimate of drug-likeness (QED) is 0.684. The van der Waals surface area contributed by atoms with E-state index in [2.05, 4.69) is 32.2 Å². The molecule has 0 spiro atoms. The lowest BCUT2D eigenvalue weighted by Gasteiger charge is -2.24.